The van der Waals surface area contributed by atoms with Crippen LogP contribution in [0.3, 0.4) is 0 Å². The van der Waals surface area contributed by atoms with Gasteiger partial charge >= 0.3 is 0 Å². The van der Waals surface area contributed by atoms with Gasteiger partial charge in [-0.3, -0.25) is 9.59 Å². The van der Waals surface area contributed by atoms with Gasteiger partial charge in [-0.15, -0.1) is 0 Å². The van der Waals surface area contributed by atoms with E-state index in [2.05, 4.69) is 10.6 Å². The van der Waals surface area contributed by atoms with Crippen molar-refractivity contribution in [2.75, 3.05) is 39.9 Å². The number of ether oxygens (including phenoxy) is 3. The Labute approximate surface area is 199 Å². The molecule has 9 nitrogen and oxygen atoms in total. The quantitative estimate of drug-likeness (QED) is 0.625. The van der Waals surface area contributed by atoms with E-state index in [4.69, 9.17) is 14.2 Å². The van der Waals surface area contributed by atoms with Crippen molar-refractivity contribution in [3.8, 4) is 17.2 Å². The number of carbonyl (C=O) groups is 2. The predicted octanol–water partition coefficient (Wildman–Crippen LogP) is 1.69. The number of fused-ring (bicyclic) bond motifs is 5. The minimum Gasteiger partial charge on any atom is -0.493 e. The minimum absolute atomic E-state index is 0.0822. The van der Waals surface area contributed by atoms with Crippen LogP contribution in [-0.2, 0) is 16.1 Å². The van der Waals surface area contributed by atoms with Crippen LogP contribution in [0.4, 0.5) is 0 Å². The van der Waals surface area contributed by atoms with Gasteiger partial charge in [0.15, 0.2) is 11.5 Å². The highest BCUT2D eigenvalue weighted by Crippen LogP contribution is 2.33. The number of aliphatic hydroxyl groups is 1. The summed E-state index contributed by atoms with van der Waals surface area (Å²) in [5, 5.41) is 15.6. The number of methoxy groups -OCH3 is 1. The summed E-state index contributed by atoms with van der Waals surface area (Å²) in [4.78, 5) is 27.7. The number of aliphatic hydroxyl groups excluding tert-OH is 1. The first-order valence-electron chi connectivity index (χ1n) is 11.5. The molecule has 4 bridgehead atoms. The lowest BCUT2D eigenvalue weighted by Crippen LogP contribution is -2.56. The van der Waals surface area contributed by atoms with Gasteiger partial charge in [0.2, 0.25) is 5.91 Å². The fraction of sp³-hybridized carbons (Fsp3) is 0.440. The van der Waals surface area contributed by atoms with Gasteiger partial charge in [-0.25, -0.2) is 0 Å². The van der Waals surface area contributed by atoms with Gasteiger partial charge < -0.3 is 34.9 Å². The van der Waals surface area contributed by atoms with Crippen LogP contribution < -0.4 is 20.1 Å². The second-order valence-electron chi connectivity index (χ2n) is 8.44. The number of carbonyl (C=O) groups excluding carboxylic acids is 2. The van der Waals surface area contributed by atoms with E-state index < -0.39 is 0 Å². The van der Waals surface area contributed by atoms with Crippen LogP contribution in [0.5, 0.6) is 17.2 Å². The van der Waals surface area contributed by atoms with Gasteiger partial charge in [0.05, 0.1) is 32.4 Å². The lowest BCUT2D eigenvalue weighted by Gasteiger charge is -2.33. The molecular weight excluding hydrogens is 438 g/mol. The maximum Gasteiger partial charge on any atom is 0.254 e. The van der Waals surface area contributed by atoms with E-state index in [1.54, 1.807) is 18.2 Å². The van der Waals surface area contributed by atoms with Gasteiger partial charge in [-0.05, 0) is 55.3 Å². The van der Waals surface area contributed by atoms with Crippen LogP contribution >= 0.6 is 0 Å². The van der Waals surface area contributed by atoms with Crippen LogP contribution in [0.15, 0.2) is 42.5 Å². The summed E-state index contributed by atoms with van der Waals surface area (Å²) in [6.07, 6.45) is 0.968. The zero-order valence-electron chi connectivity index (χ0n) is 19.3. The summed E-state index contributed by atoms with van der Waals surface area (Å²) in [6, 6.07) is 12.3. The molecular formula is C25H31N3O6. The van der Waals surface area contributed by atoms with E-state index in [-0.39, 0.29) is 43.7 Å². The van der Waals surface area contributed by atoms with E-state index >= 15 is 0 Å². The maximum absolute atomic E-state index is 13.3. The van der Waals surface area contributed by atoms with Crippen LogP contribution in [0.1, 0.15) is 28.8 Å². The summed E-state index contributed by atoms with van der Waals surface area (Å²) in [5.74, 6) is 0.877. The molecule has 1 saturated heterocycles. The van der Waals surface area contributed by atoms with Gasteiger partial charge in [0, 0.05) is 25.3 Å². The Morgan fingerprint density at radius 2 is 2.09 bits per heavy atom. The van der Waals surface area contributed by atoms with Crippen molar-refractivity contribution in [1.29, 1.82) is 0 Å². The molecule has 2 atom stereocenters. The van der Waals surface area contributed by atoms with Crippen molar-refractivity contribution in [3.05, 3.63) is 53.6 Å². The van der Waals surface area contributed by atoms with Gasteiger partial charge in [-0.2, -0.15) is 0 Å². The number of hydrogen-bond acceptors (Lipinski definition) is 7. The van der Waals surface area contributed by atoms with Crippen molar-refractivity contribution < 1.29 is 28.9 Å². The Hall–Kier alpha value is -3.14. The lowest BCUT2D eigenvalue weighted by molar-refractivity contribution is -0.124. The molecule has 2 aromatic rings. The number of amides is 2. The Bertz CT molecular complexity index is 1010. The predicted molar refractivity (Wildman–Crippen MR) is 125 cm³/mol. The fourth-order valence-corrected chi connectivity index (χ4v) is 4.22. The molecule has 3 N–H and O–H groups in total. The van der Waals surface area contributed by atoms with Crippen LogP contribution in [-0.4, -0.2) is 73.9 Å². The highest BCUT2D eigenvalue weighted by molar-refractivity contribution is 5.97. The van der Waals surface area contributed by atoms with Crippen molar-refractivity contribution in [2.24, 2.45) is 0 Å². The van der Waals surface area contributed by atoms with Crippen LogP contribution in [0, 0.1) is 0 Å². The molecule has 34 heavy (non-hydrogen) atoms. The third-order valence-corrected chi connectivity index (χ3v) is 5.97. The zero-order chi connectivity index (χ0) is 23.9. The summed E-state index contributed by atoms with van der Waals surface area (Å²) >= 11 is 0. The Balaban J connectivity index is 1.70. The van der Waals surface area contributed by atoms with Crippen LogP contribution in [0.2, 0.25) is 0 Å². The maximum atomic E-state index is 13.3. The van der Waals surface area contributed by atoms with Gasteiger partial charge in [0.1, 0.15) is 5.75 Å². The molecule has 2 aliphatic rings. The summed E-state index contributed by atoms with van der Waals surface area (Å²) in [6.45, 7) is 1.81. The first-order chi connectivity index (χ1) is 16.6. The SMILES string of the molecule is COc1ccc2cc1Oc1cccc(c1)CO[C@H]1CCNC[C@@H]1NC(=O)CN(CCCO)C2=O. The molecule has 0 saturated carbocycles. The number of nitrogens with zero attached hydrogens (tertiary/aromatic N) is 1. The molecule has 2 aliphatic heterocycles. The average molecular weight is 470 g/mol. The second kappa shape index (κ2) is 11.3. The number of benzene rings is 2. The summed E-state index contributed by atoms with van der Waals surface area (Å²) < 4.78 is 17.7. The van der Waals surface area contributed by atoms with E-state index in [9.17, 15) is 14.7 Å². The average Bonchev–Trinajstić information content (AvgIpc) is 2.85. The third-order valence-electron chi connectivity index (χ3n) is 5.97. The van der Waals surface area contributed by atoms with Crippen molar-refractivity contribution in [2.45, 2.75) is 31.6 Å². The molecule has 2 heterocycles. The highest BCUT2D eigenvalue weighted by Gasteiger charge is 2.29. The summed E-state index contributed by atoms with van der Waals surface area (Å²) in [7, 11) is 1.54. The fourth-order valence-electron chi connectivity index (χ4n) is 4.22. The monoisotopic (exact) mass is 469 g/mol. The number of piperidine rings is 1. The lowest BCUT2D eigenvalue weighted by atomic mass is 10.0. The first kappa shape index (κ1) is 24.0. The van der Waals surface area contributed by atoms with Crippen molar-refractivity contribution in [1.82, 2.24) is 15.5 Å². The Morgan fingerprint density at radius 1 is 1.21 bits per heavy atom. The molecule has 1 fully saturated rings. The van der Waals surface area contributed by atoms with E-state index in [0.717, 1.165) is 18.5 Å². The number of rotatable bonds is 4. The molecule has 2 aromatic carbocycles. The van der Waals surface area contributed by atoms with E-state index in [1.165, 1.54) is 12.0 Å². The minimum atomic E-state index is -0.327. The molecule has 9 heteroatoms. The van der Waals surface area contributed by atoms with E-state index in [0.29, 0.717) is 42.4 Å². The molecule has 2 amide bonds. The van der Waals surface area contributed by atoms with Crippen molar-refractivity contribution in [3.63, 3.8) is 0 Å². The van der Waals surface area contributed by atoms with Gasteiger partial charge in [0.25, 0.3) is 5.91 Å². The largest absolute Gasteiger partial charge is 0.493 e. The Kier molecular flexibility index (Phi) is 7.99. The molecule has 0 unspecified atom stereocenters. The third kappa shape index (κ3) is 5.85. The molecule has 0 radical (unpaired) electrons. The van der Waals surface area contributed by atoms with Crippen LogP contribution in [0.25, 0.3) is 0 Å². The number of hydrogen-bond donors (Lipinski definition) is 3. The molecule has 0 aliphatic carbocycles. The molecule has 0 aromatic heterocycles. The zero-order valence-corrected chi connectivity index (χ0v) is 19.3. The Morgan fingerprint density at radius 3 is 2.91 bits per heavy atom. The molecule has 0 spiro atoms. The highest BCUT2D eigenvalue weighted by atomic mass is 16.5. The number of nitrogens with one attached hydrogen (secondary N) is 2. The summed E-state index contributed by atoms with van der Waals surface area (Å²) in [5.41, 5.74) is 1.31. The second-order valence-corrected chi connectivity index (χ2v) is 8.44. The molecule has 4 rings (SSSR count). The standard InChI is InChI=1S/C25H31N3O6/c1-32-22-7-6-18-13-23(22)34-19-5-2-4-17(12-19)16-33-21-8-9-26-14-20(21)27-24(30)15-28(25(18)31)10-3-11-29/h2,4-7,12-13,20-21,26,29H,3,8-11,14-16H2,1H3,(H,27,30)/t20-,21-/m0/s1. The van der Waals surface area contributed by atoms with Crippen molar-refractivity contribution >= 4 is 11.8 Å². The topological polar surface area (TPSA) is 109 Å². The molecule has 182 valence electrons. The first-order valence-corrected chi connectivity index (χ1v) is 11.5. The normalized spacial score (nSPS) is 21.3. The van der Waals surface area contributed by atoms with Gasteiger partial charge in [-0.1, -0.05) is 12.1 Å². The van der Waals surface area contributed by atoms with E-state index in [1.807, 2.05) is 24.3 Å². The smallest absolute Gasteiger partial charge is 0.254 e.